The highest BCUT2D eigenvalue weighted by Gasteiger charge is 2.20. The Morgan fingerprint density at radius 3 is 2.11 bits per heavy atom. The van der Waals surface area contributed by atoms with Crippen LogP contribution in [0.15, 0.2) is 48.5 Å². The van der Waals surface area contributed by atoms with E-state index in [4.69, 9.17) is 14.2 Å². The zero-order valence-electron chi connectivity index (χ0n) is 17.1. The predicted octanol–water partition coefficient (Wildman–Crippen LogP) is 3.54. The molecular formula is C23H30N2O3. The molecule has 0 bridgehead atoms. The van der Waals surface area contributed by atoms with Crippen LogP contribution in [-0.4, -0.2) is 63.9 Å². The maximum atomic E-state index is 5.62. The SMILES string of the molecule is COc1ccc(CN2CCN(CC=Cc3ccccc3)CC2)c(OC)c1OC. The van der Waals surface area contributed by atoms with Crippen molar-refractivity contribution in [2.45, 2.75) is 6.54 Å². The van der Waals surface area contributed by atoms with Crippen molar-refractivity contribution in [1.29, 1.82) is 0 Å². The number of piperazine rings is 1. The molecule has 0 amide bonds. The summed E-state index contributed by atoms with van der Waals surface area (Å²) in [7, 11) is 4.96. The second kappa shape index (κ2) is 10.2. The molecule has 1 fully saturated rings. The molecule has 150 valence electrons. The van der Waals surface area contributed by atoms with Crippen LogP contribution in [0.2, 0.25) is 0 Å². The molecule has 0 N–H and O–H groups in total. The number of methoxy groups -OCH3 is 3. The summed E-state index contributed by atoms with van der Waals surface area (Å²) in [4.78, 5) is 4.95. The molecule has 5 heteroatoms. The van der Waals surface area contributed by atoms with Gasteiger partial charge in [0, 0.05) is 44.8 Å². The molecule has 28 heavy (non-hydrogen) atoms. The lowest BCUT2D eigenvalue weighted by molar-refractivity contribution is 0.136. The van der Waals surface area contributed by atoms with Crippen LogP contribution in [0.1, 0.15) is 11.1 Å². The molecular weight excluding hydrogens is 352 g/mol. The van der Waals surface area contributed by atoms with E-state index in [0.29, 0.717) is 11.5 Å². The minimum atomic E-state index is 0.659. The summed E-state index contributed by atoms with van der Waals surface area (Å²) in [6, 6.07) is 14.5. The van der Waals surface area contributed by atoms with Gasteiger partial charge in [0.05, 0.1) is 21.3 Å². The molecule has 1 aliphatic heterocycles. The van der Waals surface area contributed by atoms with Gasteiger partial charge in [0.1, 0.15) is 0 Å². The summed E-state index contributed by atoms with van der Waals surface area (Å²) in [5, 5.41) is 0. The monoisotopic (exact) mass is 382 g/mol. The molecule has 0 unspecified atom stereocenters. The molecule has 1 saturated heterocycles. The fourth-order valence-electron chi connectivity index (χ4n) is 3.56. The van der Waals surface area contributed by atoms with Crippen LogP contribution in [-0.2, 0) is 6.54 Å². The quantitative estimate of drug-likeness (QED) is 0.698. The van der Waals surface area contributed by atoms with E-state index in [0.717, 1.165) is 50.6 Å². The molecule has 0 spiro atoms. The Hall–Kier alpha value is -2.50. The van der Waals surface area contributed by atoms with Gasteiger partial charge in [-0.05, 0) is 11.6 Å². The van der Waals surface area contributed by atoms with Gasteiger partial charge >= 0.3 is 0 Å². The summed E-state index contributed by atoms with van der Waals surface area (Å²) >= 11 is 0. The summed E-state index contributed by atoms with van der Waals surface area (Å²) in [6.45, 7) is 6.04. The Labute approximate surface area is 168 Å². The van der Waals surface area contributed by atoms with Crippen molar-refractivity contribution in [3.05, 3.63) is 59.7 Å². The van der Waals surface area contributed by atoms with E-state index in [9.17, 15) is 0 Å². The maximum Gasteiger partial charge on any atom is 0.203 e. The van der Waals surface area contributed by atoms with Gasteiger partial charge in [0.25, 0.3) is 0 Å². The molecule has 5 nitrogen and oxygen atoms in total. The third-order valence-electron chi connectivity index (χ3n) is 5.12. The van der Waals surface area contributed by atoms with E-state index in [1.807, 2.05) is 12.1 Å². The molecule has 1 heterocycles. The van der Waals surface area contributed by atoms with Crippen LogP contribution in [0, 0.1) is 0 Å². The molecule has 0 aliphatic carbocycles. The average Bonchev–Trinajstić information content (AvgIpc) is 2.75. The zero-order chi connectivity index (χ0) is 19.8. The topological polar surface area (TPSA) is 34.2 Å². The predicted molar refractivity (Wildman–Crippen MR) is 113 cm³/mol. The molecule has 2 aromatic rings. The lowest BCUT2D eigenvalue weighted by atomic mass is 10.1. The van der Waals surface area contributed by atoms with Gasteiger partial charge in [0.15, 0.2) is 11.5 Å². The zero-order valence-corrected chi connectivity index (χ0v) is 17.1. The maximum absolute atomic E-state index is 5.62. The van der Waals surface area contributed by atoms with Crippen LogP contribution in [0.4, 0.5) is 0 Å². The third-order valence-corrected chi connectivity index (χ3v) is 5.12. The van der Waals surface area contributed by atoms with Crippen LogP contribution in [0.3, 0.4) is 0 Å². The van der Waals surface area contributed by atoms with Gasteiger partial charge in [-0.1, -0.05) is 48.6 Å². The Bertz CT molecular complexity index is 769. The molecule has 0 radical (unpaired) electrons. The van der Waals surface area contributed by atoms with E-state index in [1.165, 1.54) is 5.56 Å². The smallest absolute Gasteiger partial charge is 0.203 e. The molecule has 0 atom stereocenters. The van der Waals surface area contributed by atoms with E-state index in [-0.39, 0.29) is 0 Å². The molecule has 1 aliphatic rings. The second-order valence-corrected chi connectivity index (χ2v) is 6.88. The summed E-state index contributed by atoms with van der Waals surface area (Å²) in [5.41, 5.74) is 2.37. The summed E-state index contributed by atoms with van der Waals surface area (Å²) in [5.74, 6) is 2.11. The van der Waals surface area contributed by atoms with Gasteiger partial charge in [-0.3, -0.25) is 9.80 Å². The number of benzene rings is 2. The van der Waals surface area contributed by atoms with Crippen molar-refractivity contribution < 1.29 is 14.2 Å². The first kappa shape index (κ1) is 20.2. The van der Waals surface area contributed by atoms with E-state index in [2.05, 4.69) is 52.3 Å². The first-order valence-corrected chi connectivity index (χ1v) is 9.69. The average molecular weight is 383 g/mol. The van der Waals surface area contributed by atoms with E-state index in [1.54, 1.807) is 21.3 Å². The van der Waals surface area contributed by atoms with Crippen LogP contribution >= 0.6 is 0 Å². The third kappa shape index (κ3) is 5.06. The highest BCUT2D eigenvalue weighted by molar-refractivity contribution is 5.55. The Morgan fingerprint density at radius 2 is 1.46 bits per heavy atom. The summed E-state index contributed by atoms with van der Waals surface area (Å²) < 4.78 is 16.5. The van der Waals surface area contributed by atoms with Crippen LogP contribution in [0.5, 0.6) is 17.2 Å². The minimum absolute atomic E-state index is 0.659. The number of hydrogen-bond acceptors (Lipinski definition) is 5. The number of nitrogens with zero attached hydrogens (tertiary/aromatic N) is 2. The van der Waals surface area contributed by atoms with Gasteiger partial charge in [-0.2, -0.15) is 0 Å². The van der Waals surface area contributed by atoms with Gasteiger partial charge in [0.2, 0.25) is 5.75 Å². The highest BCUT2D eigenvalue weighted by Crippen LogP contribution is 2.40. The van der Waals surface area contributed by atoms with Gasteiger partial charge in [-0.15, -0.1) is 0 Å². The first-order chi connectivity index (χ1) is 13.7. The van der Waals surface area contributed by atoms with Crippen molar-refractivity contribution in [2.75, 3.05) is 54.1 Å². The normalized spacial score (nSPS) is 15.7. The summed E-state index contributed by atoms with van der Waals surface area (Å²) in [6.07, 6.45) is 4.45. The number of rotatable bonds is 8. The molecule has 3 rings (SSSR count). The number of ether oxygens (including phenoxy) is 3. The van der Waals surface area contributed by atoms with Crippen molar-refractivity contribution in [3.8, 4) is 17.2 Å². The standard InChI is InChI=1S/C23H30N2O3/c1-26-21-12-11-20(22(27-2)23(21)28-3)18-25-16-14-24(15-17-25)13-7-10-19-8-5-4-6-9-19/h4-12H,13-18H2,1-3H3. The van der Waals surface area contributed by atoms with Crippen LogP contribution < -0.4 is 14.2 Å². The van der Waals surface area contributed by atoms with E-state index >= 15 is 0 Å². The Balaban J connectivity index is 1.54. The minimum Gasteiger partial charge on any atom is -0.493 e. The fourth-order valence-corrected chi connectivity index (χ4v) is 3.56. The van der Waals surface area contributed by atoms with Crippen molar-refractivity contribution in [2.24, 2.45) is 0 Å². The lowest BCUT2D eigenvalue weighted by Crippen LogP contribution is -2.45. The molecule has 0 saturated carbocycles. The largest absolute Gasteiger partial charge is 0.493 e. The van der Waals surface area contributed by atoms with Crippen LogP contribution in [0.25, 0.3) is 6.08 Å². The van der Waals surface area contributed by atoms with Crippen molar-refractivity contribution in [3.63, 3.8) is 0 Å². The number of hydrogen-bond donors (Lipinski definition) is 0. The first-order valence-electron chi connectivity index (χ1n) is 9.69. The molecule has 2 aromatic carbocycles. The second-order valence-electron chi connectivity index (χ2n) is 6.88. The Kier molecular flexibility index (Phi) is 7.34. The van der Waals surface area contributed by atoms with E-state index < -0.39 is 0 Å². The Morgan fingerprint density at radius 1 is 0.786 bits per heavy atom. The van der Waals surface area contributed by atoms with Gasteiger partial charge in [-0.25, -0.2) is 0 Å². The lowest BCUT2D eigenvalue weighted by Gasteiger charge is -2.34. The van der Waals surface area contributed by atoms with Crippen molar-refractivity contribution in [1.82, 2.24) is 9.80 Å². The fraction of sp³-hybridized carbons (Fsp3) is 0.391. The molecule has 0 aromatic heterocycles. The van der Waals surface area contributed by atoms with Crippen molar-refractivity contribution >= 4 is 6.08 Å². The highest BCUT2D eigenvalue weighted by atomic mass is 16.5. The van der Waals surface area contributed by atoms with Gasteiger partial charge < -0.3 is 14.2 Å².